The van der Waals surface area contributed by atoms with Gasteiger partial charge in [-0.2, -0.15) is 0 Å². The summed E-state index contributed by atoms with van der Waals surface area (Å²) in [5.41, 5.74) is 2.13. The molecule has 136 valence electrons. The molecule has 25 heavy (non-hydrogen) atoms. The molecule has 2 aromatic rings. The molecule has 1 fully saturated rings. The van der Waals surface area contributed by atoms with Gasteiger partial charge in [-0.15, -0.1) is 0 Å². The molecule has 0 atom stereocenters. The van der Waals surface area contributed by atoms with Crippen molar-refractivity contribution >= 4 is 27.0 Å². The Morgan fingerprint density at radius 1 is 1.36 bits per heavy atom. The van der Waals surface area contributed by atoms with Crippen LogP contribution in [0.3, 0.4) is 0 Å². The van der Waals surface area contributed by atoms with Crippen molar-refractivity contribution in [2.75, 3.05) is 25.9 Å². The zero-order valence-corrected chi connectivity index (χ0v) is 14.8. The van der Waals surface area contributed by atoms with Crippen molar-refractivity contribution in [2.24, 2.45) is 5.92 Å². The van der Waals surface area contributed by atoms with Crippen LogP contribution < -0.4 is 11.1 Å². The normalized spacial score (nSPS) is 17.0. The molecule has 8 nitrogen and oxygen atoms in total. The van der Waals surface area contributed by atoms with Crippen LogP contribution in [-0.4, -0.2) is 49.5 Å². The molecule has 2 heterocycles. The number of sulfonamides is 1. The molecule has 1 aliphatic heterocycles. The molecule has 0 saturated carbocycles. The Labute approximate surface area is 145 Å². The monoisotopic (exact) mass is 367 g/mol. The smallest absolute Gasteiger partial charge is 0.408 e. The van der Waals surface area contributed by atoms with Crippen LogP contribution in [0.4, 0.5) is 0 Å². The maximum absolute atomic E-state index is 12.2. The maximum Gasteiger partial charge on any atom is 0.417 e. The van der Waals surface area contributed by atoms with Crippen molar-refractivity contribution in [3.05, 3.63) is 34.3 Å². The molecule has 0 bridgehead atoms. The number of oxazole rings is 1. The fourth-order valence-electron chi connectivity index (χ4n) is 3.08. The second-order valence-corrected chi connectivity index (χ2v) is 8.30. The highest BCUT2D eigenvalue weighted by Gasteiger charge is 2.28. The third kappa shape index (κ3) is 4.29. The predicted molar refractivity (Wildman–Crippen MR) is 92.7 cm³/mol. The number of amides is 1. The lowest BCUT2D eigenvalue weighted by molar-refractivity contribution is -0.126. The van der Waals surface area contributed by atoms with Gasteiger partial charge in [0.05, 0.1) is 11.8 Å². The Kier molecular flexibility index (Phi) is 4.96. The first-order chi connectivity index (χ1) is 11.8. The van der Waals surface area contributed by atoms with Crippen LogP contribution in [0.2, 0.25) is 0 Å². The molecule has 0 radical (unpaired) electrons. The first-order valence-electron chi connectivity index (χ1n) is 8.17. The van der Waals surface area contributed by atoms with Gasteiger partial charge in [0.2, 0.25) is 15.9 Å². The summed E-state index contributed by atoms with van der Waals surface area (Å²) in [7, 11) is -3.18. The molecule has 1 aromatic carbocycles. The molecule has 0 aliphatic carbocycles. The van der Waals surface area contributed by atoms with E-state index in [4.69, 9.17) is 4.42 Å². The zero-order chi connectivity index (χ0) is 18.0. The van der Waals surface area contributed by atoms with Crippen LogP contribution in [0.1, 0.15) is 18.4 Å². The minimum atomic E-state index is -3.18. The van der Waals surface area contributed by atoms with Crippen LogP contribution in [-0.2, 0) is 21.2 Å². The Hall–Kier alpha value is -2.13. The molecular weight excluding hydrogens is 346 g/mol. The lowest BCUT2D eigenvalue weighted by Gasteiger charge is -2.29. The molecule has 1 saturated heterocycles. The average Bonchev–Trinajstić information content (AvgIpc) is 2.93. The van der Waals surface area contributed by atoms with Gasteiger partial charge in [0.25, 0.3) is 0 Å². The Balaban J connectivity index is 1.48. The van der Waals surface area contributed by atoms with Gasteiger partial charge in [-0.3, -0.25) is 9.78 Å². The number of hydrogen-bond acceptors (Lipinski definition) is 5. The van der Waals surface area contributed by atoms with E-state index in [-0.39, 0.29) is 11.8 Å². The van der Waals surface area contributed by atoms with Gasteiger partial charge in [-0.1, -0.05) is 6.07 Å². The van der Waals surface area contributed by atoms with Crippen LogP contribution in [0, 0.1) is 5.92 Å². The second kappa shape index (κ2) is 7.01. The highest BCUT2D eigenvalue weighted by Crippen LogP contribution is 2.19. The summed E-state index contributed by atoms with van der Waals surface area (Å²) in [5.74, 6) is -0.669. The number of carbonyl (C=O) groups excluding carboxylic acids is 1. The van der Waals surface area contributed by atoms with E-state index < -0.39 is 15.8 Å². The highest BCUT2D eigenvalue weighted by molar-refractivity contribution is 7.88. The first-order valence-corrected chi connectivity index (χ1v) is 10.0. The van der Waals surface area contributed by atoms with Gasteiger partial charge in [0.1, 0.15) is 0 Å². The van der Waals surface area contributed by atoms with Gasteiger partial charge in [-0.25, -0.2) is 17.5 Å². The number of nitrogens with one attached hydrogen (secondary N) is 2. The lowest BCUT2D eigenvalue weighted by atomic mass is 9.97. The molecule has 2 N–H and O–H groups in total. The van der Waals surface area contributed by atoms with Crippen LogP contribution in [0.5, 0.6) is 0 Å². The Morgan fingerprint density at radius 3 is 2.76 bits per heavy atom. The number of nitrogens with zero attached hydrogens (tertiary/aromatic N) is 1. The van der Waals surface area contributed by atoms with Crippen molar-refractivity contribution in [2.45, 2.75) is 19.3 Å². The number of rotatable bonds is 5. The van der Waals surface area contributed by atoms with Crippen LogP contribution in [0.15, 0.2) is 27.4 Å². The first kappa shape index (κ1) is 17.7. The van der Waals surface area contributed by atoms with Crippen LogP contribution >= 0.6 is 0 Å². The Morgan fingerprint density at radius 2 is 2.08 bits per heavy atom. The van der Waals surface area contributed by atoms with Gasteiger partial charge >= 0.3 is 5.76 Å². The van der Waals surface area contributed by atoms with Gasteiger partial charge in [-0.05, 0) is 37.0 Å². The Bertz CT molecular complexity index is 923. The number of H-pyrrole nitrogens is 1. The number of aromatic nitrogens is 1. The minimum absolute atomic E-state index is 0.0362. The second-order valence-electron chi connectivity index (χ2n) is 6.32. The summed E-state index contributed by atoms with van der Waals surface area (Å²) in [6.45, 7) is 1.27. The highest BCUT2D eigenvalue weighted by atomic mass is 32.2. The molecule has 1 aliphatic rings. The van der Waals surface area contributed by atoms with Crippen molar-refractivity contribution in [1.29, 1.82) is 0 Å². The lowest BCUT2D eigenvalue weighted by Crippen LogP contribution is -2.42. The number of piperidine rings is 1. The molecule has 0 unspecified atom stereocenters. The van der Waals surface area contributed by atoms with Crippen molar-refractivity contribution in [1.82, 2.24) is 14.6 Å². The van der Waals surface area contributed by atoms with E-state index in [2.05, 4.69) is 10.3 Å². The topological polar surface area (TPSA) is 112 Å². The fourth-order valence-corrected chi connectivity index (χ4v) is 3.95. The standard InChI is InChI=1S/C16H21N3O5S/c1-25(22,23)19-8-5-12(6-9-19)15(20)17-7-4-11-2-3-14-13(10-11)18-16(21)24-14/h2-3,10,12H,4-9H2,1H3,(H,17,20)(H,18,21). The summed E-state index contributed by atoms with van der Waals surface area (Å²) in [6, 6.07) is 5.41. The molecule has 0 spiro atoms. The van der Waals surface area contributed by atoms with E-state index in [1.165, 1.54) is 10.6 Å². The fraction of sp³-hybridized carbons (Fsp3) is 0.500. The van der Waals surface area contributed by atoms with Gasteiger partial charge < -0.3 is 9.73 Å². The van der Waals surface area contributed by atoms with Gasteiger partial charge in [0, 0.05) is 25.6 Å². The molecule has 3 rings (SSSR count). The summed E-state index contributed by atoms with van der Waals surface area (Å²) >= 11 is 0. The quantitative estimate of drug-likeness (QED) is 0.797. The molecule has 9 heteroatoms. The van der Waals surface area contributed by atoms with E-state index in [0.717, 1.165) is 5.56 Å². The number of benzene rings is 1. The average molecular weight is 367 g/mol. The third-order valence-corrected chi connectivity index (χ3v) is 5.79. The van der Waals surface area contributed by atoms with Gasteiger partial charge in [0.15, 0.2) is 5.58 Å². The van der Waals surface area contributed by atoms with Crippen LogP contribution in [0.25, 0.3) is 11.1 Å². The summed E-state index contributed by atoms with van der Waals surface area (Å²) in [6.07, 6.45) is 2.91. The number of fused-ring (bicyclic) bond motifs is 1. The largest absolute Gasteiger partial charge is 0.417 e. The van der Waals surface area contributed by atoms with Crippen molar-refractivity contribution in [3.63, 3.8) is 0 Å². The third-order valence-electron chi connectivity index (χ3n) is 4.49. The number of carbonyl (C=O) groups is 1. The predicted octanol–water partition coefficient (Wildman–Crippen LogP) is 0.451. The van der Waals surface area contributed by atoms with E-state index >= 15 is 0 Å². The van der Waals surface area contributed by atoms with E-state index in [0.29, 0.717) is 50.0 Å². The number of hydrogen-bond donors (Lipinski definition) is 2. The summed E-state index contributed by atoms with van der Waals surface area (Å²) in [4.78, 5) is 26.0. The molecule has 1 aromatic heterocycles. The summed E-state index contributed by atoms with van der Waals surface area (Å²) in [5, 5.41) is 2.91. The SMILES string of the molecule is CS(=O)(=O)N1CCC(C(=O)NCCc2ccc3oc(=O)[nH]c3c2)CC1. The van der Waals surface area contributed by atoms with E-state index in [1.54, 1.807) is 6.07 Å². The van der Waals surface area contributed by atoms with Crippen molar-refractivity contribution in [3.8, 4) is 0 Å². The molecular formula is C16H21N3O5S. The number of aromatic amines is 1. The summed E-state index contributed by atoms with van der Waals surface area (Å²) < 4.78 is 29.3. The molecule has 1 amide bonds. The maximum atomic E-state index is 12.2. The van der Waals surface area contributed by atoms with E-state index in [9.17, 15) is 18.0 Å². The van der Waals surface area contributed by atoms with E-state index in [1.807, 2.05) is 12.1 Å². The van der Waals surface area contributed by atoms with Crippen molar-refractivity contribution < 1.29 is 17.6 Å². The minimum Gasteiger partial charge on any atom is -0.408 e. The zero-order valence-electron chi connectivity index (χ0n) is 13.9.